The number of rotatable bonds is 9. The lowest BCUT2D eigenvalue weighted by Gasteiger charge is -2.23. The average Bonchev–Trinajstić information content (AvgIpc) is 2.77. The molecule has 33 heavy (non-hydrogen) atoms. The van der Waals surface area contributed by atoms with Gasteiger partial charge in [-0.25, -0.2) is 4.39 Å². The van der Waals surface area contributed by atoms with Crippen LogP contribution in [-0.2, 0) is 21.5 Å². The minimum absolute atomic E-state index is 0.119. The van der Waals surface area contributed by atoms with Crippen LogP contribution < -0.4 is 4.18 Å². The van der Waals surface area contributed by atoms with E-state index in [1.807, 2.05) is 44.2 Å². The van der Waals surface area contributed by atoms with E-state index in [4.69, 9.17) is 4.18 Å². The zero-order valence-corrected chi connectivity index (χ0v) is 19.3. The highest BCUT2D eigenvalue weighted by atomic mass is 32.2. The number of halogens is 1. The fraction of sp³-hybridized carbons (Fsp3) is 0.192. The van der Waals surface area contributed by atoms with Gasteiger partial charge < -0.3 is 9.08 Å². The third-order valence-electron chi connectivity index (χ3n) is 4.70. The van der Waals surface area contributed by atoms with Crippen molar-refractivity contribution in [2.75, 3.05) is 6.54 Å². The highest BCUT2D eigenvalue weighted by Gasteiger charge is 2.18. The van der Waals surface area contributed by atoms with Gasteiger partial charge in [-0.2, -0.15) is 8.42 Å². The second-order valence-electron chi connectivity index (χ2n) is 8.00. The molecule has 0 saturated heterocycles. The van der Waals surface area contributed by atoms with Gasteiger partial charge in [0, 0.05) is 19.2 Å². The summed E-state index contributed by atoms with van der Waals surface area (Å²) in [6.07, 6.45) is 3.31. The molecule has 0 heterocycles. The van der Waals surface area contributed by atoms with Gasteiger partial charge in [0.15, 0.2) is 0 Å². The number of nitrogens with zero attached hydrogens (tertiary/aromatic N) is 1. The molecule has 0 saturated carbocycles. The van der Waals surface area contributed by atoms with E-state index in [9.17, 15) is 17.6 Å². The number of carbonyl (C=O) groups excluding carboxylic acids is 1. The van der Waals surface area contributed by atoms with E-state index in [0.717, 1.165) is 35.4 Å². The van der Waals surface area contributed by atoms with Gasteiger partial charge in [-0.1, -0.05) is 56.3 Å². The lowest BCUT2D eigenvalue weighted by atomic mass is 10.1. The fourth-order valence-corrected chi connectivity index (χ4v) is 4.13. The summed E-state index contributed by atoms with van der Waals surface area (Å²) in [6.45, 7) is 4.88. The van der Waals surface area contributed by atoms with Crippen molar-refractivity contribution in [2.45, 2.75) is 25.3 Å². The predicted molar refractivity (Wildman–Crippen MR) is 126 cm³/mol. The first-order valence-corrected chi connectivity index (χ1v) is 11.9. The Morgan fingerprint density at radius 2 is 1.70 bits per heavy atom. The highest BCUT2D eigenvalue weighted by Crippen LogP contribution is 2.21. The lowest BCUT2D eigenvalue weighted by Crippen LogP contribution is -2.32. The predicted octanol–water partition coefficient (Wildman–Crippen LogP) is 5.29. The van der Waals surface area contributed by atoms with Gasteiger partial charge in [-0.05, 0) is 59.5 Å². The summed E-state index contributed by atoms with van der Waals surface area (Å²) in [5.74, 6) is -0.309. The van der Waals surface area contributed by atoms with E-state index in [1.165, 1.54) is 12.1 Å². The Hall–Kier alpha value is -3.45. The zero-order valence-electron chi connectivity index (χ0n) is 18.5. The molecule has 0 aliphatic rings. The Morgan fingerprint density at radius 1 is 1.00 bits per heavy atom. The maximum absolute atomic E-state index is 13.1. The summed E-state index contributed by atoms with van der Waals surface area (Å²) in [5, 5.41) is 0. The first-order valence-electron chi connectivity index (χ1n) is 10.5. The van der Waals surface area contributed by atoms with Crippen LogP contribution in [0.4, 0.5) is 4.39 Å². The quantitative estimate of drug-likeness (QED) is 0.317. The summed E-state index contributed by atoms with van der Waals surface area (Å²) in [6, 6.07) is 20.6. The molecule has 0 aromatic heterocycles. The molecule has 0 N–H and O–H groups in total. The first kappa shape index (κ1) is 24.2. The van der Waals surface area contributed by atoms with Crippen LogP contribution in [0.2, 0.25) is 0 Å². The Labute approximate surface area is 194 Å². The van der Waals surface area contributed by atoms with E-state index in [2.05, 4.69) is 0 Å². The minimum Gasteiger partial charge on any atom is -0.379 e. The van der Waals surface area contributed by atoms with E-state index in [1.54, 1.807) is 29.2 Å². The van der Waals surface area contributed by atoms with Crippen LogP contribution in [0.1, 0.15) is 25.0 Å². The molecular formula is C26H26FNO4S. The Kier molecular flexibility index (Phi) is 8.01. The monoisotopic (exact) mass is 467 g/mol. The molecule has 3 aromatic rings. The summed E-state index contributed by atoms with van der Waals surface area (Å²) in [5.41, 5.74) is 1.65. The van der Waals surface area contributed by atoms with Crippen LogP contribution in [0, 0.1) is 11.7 Å². The van der Waals surface area contributed by atoms with Gasteiger partial charge >= 0.3 is 10.1 Å². The molecule has 0 atom stereocenters. The zero-order chi connectivity index (χ0) is 23.8. The molecule has 3 aromatic carbocycles. The Balaban J connectivity index is 1.75. The molecule has 0 aliphatic heterocycles. The molecule has 0 fully saturated rings. The molecule has 172 valence electrons. The second kappa shape index (κ2) is 10.9. The average molecular weight is 468 g/mol. The van der Waals surface area contributed by atoms with Crippen LogP contribution in [0.15, 0.2) is 89.8 Å². The molecule has 0 spiro atoms. The summed E-state index contributed by atoms with van der Waals surface area (Å²) < 4.78 is 43.3. The fourth-order valence-electron chi connectivity index (χ4n) is 3.20. The van der Waals surface area contributed by atoms with Crippen molar-refractivity contribution in [2.24, 2.45) is 5.92 Å². The first-order chi connectivity index (χ1) is 15.7. The largest absolute Gasteiger partial charge is 0.379 e. The van der Waals surface area contributed by atoms with Crippen LogP contribution >= 0.6 is 0 Å². The summed E-state index contributed by atoms with van der Waals surface area (Å²) >= 11 is 0. The summed E-state index contributed by atoms with van der Waals surface area (Å²) in [4.78, 5) is 14.4. The van der Waals surface area contributed by atoms with Crippen molar-refractivity contribution in [3.63, 3.8) is 0 Å². The van der Waals surface area contributed by atoms with Crippen molar-refractivity contribution >= 4 is 22.1 Å². The van der Waals surface area contributed by atoms with Crippen LogP contribution in [0.3, 0.4) is 0 Å². The normalized spacial score (nSPS) is 11.6. The van der Waals surface area contributed by atoms with Crippen LogP contribution in [0.5, 0.6) is 5.75 Å². The summed E-state index contributed by atoms with van der Waals surface area (Å²) in [7, 11) is -4.11. The SMILES string of the molecule is CC(C)CN(Cc1cccc(OS(=O)(=O)c2ccc(F)cc2)c1)C(=O)/C=C/c1ccccc1. The molecule has 0 aliphatic carbocycles. The Bertz CT molecular complexity index is 1210. The topological polar surface area (TPSA) is 63.7 Å². The van der Waals surface area contributed by atoms with Crippen molar-refractivity contribution in [1.29, 1.82) is 0 Å². The highest BCUT2D eigenvalue weighted by molar-refractivity contribution is 7.87. The van der Waals surface area contributed by atoms with E-state index >= 15 is 0 Å². The van der Waals surface area contributed by atoms with Gasteiger partial charge in [-0.3, -0.25) is 4.79 Å². The van der Waals surface area contributed by atoms with E-state index in [0.29, 0.717) is 13.1 Å². The van der Waals surface area contributed by atoms with Gasteiger partial charge in [-0.15, -0.1) is 0 Å². The number of hydrogen-bond donors (Lipinski definition) is 0. The van der Waals surface area contributed by atoms with E-state index < -0.39 is 15.9 Å². The van der Waals surface area contributed by atoms with Gasteiger partial charge in [0.05, 0.1) is 0 Å². The number of amides is 1. The lowest BCUT2D eigenvalue weighted by molar-refractivity contribution is -0.127. The van der Waals surface area contributed by atoms with Crippen molar-refractivity contribution in [3.8, 4) is 5.75 Å². The maximum Gasteiger partial charge on any atom is 0.339 e. The molecule has 3 rings (SSSR count). The third kappa shape index (κ3) is 7.29. The molecule has 0 bridgehead atoms. The van der Waals surface area contributed by atoms with Crippen molar-refractivity contribution in [3.05, 3.63) is 102 Å². The van der Waals surface area contributed by atoms with Crippen molar-refractivity contribution < 1.29 is 21.8 Å². The number of hydrogen-bond acceptors (Lipinski definition) is 4. The maximum atomic E-state index is 13.1. The number of carbonyl (C=O) groups is 1. The third-order valence-corrected chi connectivity index (χ3v) is 5.96. The van der Waals surface area contributed by atoms with Gasteiger partial charge in [0.2, 0.25) is 5.91 Å². The standard InChI is InChI=1S/C26H26FNO4S/c1-20(2)18-28(26(29)16-11-21-7-4-3-5-8-21)19-22-9-6-10-24(17-22)32-33(30,31)25-14-12-23(27)13-15-25/h3-17,20H,18-19H2,1-2H3/b16-11+. The molecular weight excluding hydrogens is 441 g/mol. The molecule has 1 amide bonds. The molecule has 5 nitrogen and oxygen atoms in total. The smallest absolute Gasteiger partial charge is 0.339 e. The van der Waals surface area contributed by atoms with Gasteiger partial charge in [0.25, 0.3) is 0 Å². The minimum atomic E-state index is -4.11. The Morgan fingerprint density at radius 3 is 2.36 bits per heavy atom. The van der Waals surface area contributed by atoms with Gasteiger partial charge in [0.1, 0.15) is 16.5 Å². The second-order valence-corrected chi connectivity index (χ2v) is 9.54. The van der Waals surface area contributed by atoms with E-state index in [-0.39, 0.29) is 22.5 Å². The molecule has 0 radical (unpaired) electrons. The molecule has 0 unspecified atom stereocenters. The van der Waals surface area contributed by atoms with Crippen LogP contribution in [-0.4, -0.2) is 25.8 Å². The van der Waals surface area contributed by atoms with Crippen LogP contribution in [0.25, 0.3) is 6.08 Å². The number of benzene rings is 3. The molecule has 7 heteroatoms. The van der Waals surface area contributed by atoms with Crippen molar-refractivity contribution in [1.82, 2.24) is 4.90 Å².